The highest BCUT2D eigenvalue weighted by molar-refractivity contribution is 5.29. The van der Waals surface area contributed by atoms with E-state index in [1.54, 1.807) is 13.3 Å². The lowest BCUT2D eigenvalue weighted by atomic mass is 9.71. The topological polar surface area (TPSA) is 48.1 Å². The number of hydrogen-bond acceptors (Lipinski definition) is 3. The average molecular weight is 248 g/mol. The van der Waals surface area contributed by atoms with Gasteiger partial charge in [-0.15, -0.1) is 0 Å². The van der Waals surface area contributed by atoms with Crippen LogP contribution >= 0.6 is 0 Å². The van der Waals surface area contributed by atoms with Gasteiger partial charge in [0.25, 0.3) is 0 Å². The lowest BCUT2D eigenvalue weighted by Gasteiger charge is -2.38. The van der Waals surface area contributed by atoms with E-state index < -0.39 is 0 Å². The number of nitrogens with zero attached hydrogens (tertiary/aromatic N) is 1. The first kappa shape index (κ1) is 13.3. The van der Waals surface area contributed by atoms with Crippen molar-refractivity contribution >= 4 is 0 Å². The summed E-state index contributed by atoms with van der Waals surface area (Å²) in [7, 11) is 1.67. The van der Waals surface area contributed by atoms with Crippen molar-refractivity contribution in [1.29, 1.82) is 0 Å². The second kappa shape index (κ2) is 5.27. The van der Waals surface area contributed by atoms with E-state index in [1.165, 1.54) is 12.8 Å². The van der Waals surface area contributed by atoms with Gasteiger partial charge >= 0.3 is 0 Å². The molecule has 1 aliphatic carbocycles. The summed E-state index contributed by atoms with van der Waals surface area (Å²) in [5.41, 5.74) is 7.47. The molecule has 0 spiro atoms. The molecule has 1 heterocycles. The van der Waals surface area contributed by atoms with Crippen LogP contribution in [0.4, 0.5) is 0 Å². The molecule has 0 radical (unpaired) electrons. The van der Waals surface area contributed by atoms with Crippen LogP contribution in [0.1, 0.15) is 45.1 Å². The van der Waals surface area contributed by atoms with Crippen molar-refractivity contribution < 1.29 is 4.74 Å². The molecule has 0 amide bonds. The lowest BCUT2D eigenvalue weighted by molar-refractivity contribution is 0.195. The Morgan fingerprint density at radius 3 is 2.56 bits per heavy atom. The summed E-state index contributed by atoms with van der Waals surface area (Å²) >= 11 is 0. The molecular formula is C15H24N2O. The Morgan fingerprint density at radius 2 is 2.00 bits per heavy atom. The van der Waals surface area contributed by atoms with Gasteiger partial charge in [0.15, 0.2) is 0 Å². The summed E-state index contributed by atoms with van der Waals surface area (Å²) < 4.78 is 5.23. The summed E-state index contributed by atoms with van der Waals surface area (Å²) in [5.74, 6) is 2.38. The number of ether oxygens (including phenoxy) is 1. The third-order valence-corrected chi connectivity index (χ3v) is 4.39. The summed E-state index contributed by atoms with van der Waals surface area (Å²) in [5, 5.41) is 0. The summed E-state index contributed by atoms with van der Waals surface area (Å²) in [4.78, 5) is 4.23. The van der Waals surface area contributed by atoms with E-state index in [0.29, 0.717) is 0 Å². The van der Waals surface area contributed by atoms with Gasteiger partial charge < -0.3 is 10.5 Å². The van der Waals surface area contributed by atoms with Gasteiger partial charge in [0, 0.05) is 11.7 Å². The number of aromatic nitrogens is 1. The van der Waals surface area contributed by atoms with Crippen LogP contribution in [0.5, 0.6) is 5.75 Å². The molecule has 1 aliphatic rings. The van der Waals surface area contributed by atoms with Gasteiger partial charge in [-0.1, -0.05) is 13.8 Å². The average Bonchev–Trinajstić information content (AvgIpc) is 2.39. The fourth-order valence-electron chi connectivity index (χ4n) is 2.91. The van der Waals surface area contributed by atoms with Crippen molar-refractivity contribution in [2.75, 3.05) is 7.11 Å². The largest absolute Gasteiger partial charge is 0.495 e. The zero-order valence-corrected chi connectivity index (χ0v) is 11.6. The van der Waals surface area contributed by atoms with E-state index in [9.17, 15) is 0 Å². The van der Waals surface area contributed by atoms with Crippen LogP contribution in [-0.4, -0.2) is 12.1 Å². The zero-order valence-electron chi connectivity index (χ0n) is 11.6. The number of rotatable bonds is 3. The highest BCUT2D eigenvalue weighted by Gasteiger charge is 2.34. The molecule has 2 N–H and O–H groups in total. The maximum atomic E-state index is 6.57. The van der Waals surface area contributed by atoms with E-state index in [-0.39, 0.29) is 5.54 Å². The van der Waals surface area contributed by atoms with Crippen molar-refractivity contribution in [3.05, 3.63) is 24.0 Å². The summed E-state index contributed by atoms with van der Waals surface area (Å²) in [6.07, 6.45) is 8.14. The monoisotopic (exact) mass is 248 g/mol. The molecule has 0 atom stereocenters. The molecule has 0 saturated heterocycles. The van der Waals surface area contributed by atoms with Gasteiger partial charge in [-0.2, -0.15) is 0 Å². The molecule has 0 bridgehead atoms. The SMILES string of the molecule is COc1cncc(C2(N)CCC(C(C)C)CC2)c1. The van der Waals surface area contributed by atoms with Crippen LogP contribution in [-0.2, 0) is 5.54 Å². The third kappa shape index (κ3) is 2.66. The molecule has 2 rings (SSSR count). The predicted molar refractivity (Wildman–Crippen MR) is 73.5 cm³/mol. The van der Waals surface area contributed by atoms with E-state index in [4.69, 9.17) is 10.5 Å². The maximum Gasteiger partial charge on any atom is 0.137 e. The zero-order chi connectivity index (χ0) is 13.2. The Morgan fingerprint density at radius 1 is 1.33 bits per heavy atom. The Hall–Kier alpha value is -1.09. The minimum atomic E-state index is -0.215. The summed E-state index contributed by atoms with van der Waals surface area (Å²) in [6.45, 7) is 4.61. The fourth-order valence-corrected chi connectivity index (χ4v) is 2.91. The second-order valence-corrected chi connectivity index (χ2v) is 5.85. The Balaban J connectivity index is 2.12. The number of hydrogen-bond donors (Lipinski definition) is 1. The van der Waals surface area contributed by atoms with Crippen molar-refractivity contribution in [2.24, 2.45) is 17.6 Å². The van der Waals surface area contributed by atoms with Gasteiger partial charge in [0.1, 0.15) is 5.75 Å². The Kier molecular flexibility index (Phi) is 3.91. The molecule has 1 saturated carbocycles. The molecule has 1 aromatic rings. The van der Waals surface area contributed by atoms with Gasteiger partial charge in [-0.25, -0.2) is 0 Å². The summed E-state index contributed by atoms with van der Waals surface area (Å²) in [6, 6.07) is 2.03. The number of methoxy groups -OCH3 is 1. The van der Waals surface area contributed by atoms with Crippen LogP contribution in [0.2, 0.25) is 0 Å². The maximum absolute atomic E-state index is 6.57. The normalized spacial score (nSPS) is 28.4. The van der Waals surface area contributed by atoms with Crippen molar-refractivity contribution in [3.63, 3.8) is 0 Å². The van der Waals surface area contributed by atoms with E-state index in [2.05, 4.69) is 18.8 Å². The minimum absolute atomic E-state index is 0.215. The molecule has 0 unspecified atom stereocenters. The van der Waals surface area contributed by atoms with E-state index >= 15 is 0 Å². The Labute approximate surface area is 110 Å². The lowest BCUT2D eigenvalue weighted by Crippen LogP contribution is -2.41. The second-order valence-electron chi connectivity index (χ2n) is 5.85. The first-order valence-corrected chi connectivity index (χ1v) is 6.83. The van der Waals surface area contributed by atoms with Gasteiger partial charge in [-0.05, 0) is 49.1 Å². The van der Waals surface area contributed by atoms with Gasteiger partial charge in [0.05, 0.1) is 13.3 Å². The van der Waals surface area contributed by atoms with Gasteiger partial charge in [0.2, 0.25) is 0 Å². The smallest absolute Gasteiger partial charge is 0.137 e. The molecule has 1 fully saturated rings. The van der Waals surface area contributed by atoms with Crippen LogP contribution in [0.15, 0.2) is 18.5 Å². The van der Waals surface area contributed by atoms with Crippen LogP contribution < -0.4 is 10.5 Å². The van der Waals surface area contributed by atoms with E-state index in [1.807, 2.05) is 12.3 Å². The first-order valence-electron chi connectivity index (χ1n) is 6.83. The predicted octanol–water partition coefficient (Wildman–Crippen LogP) is 3.09. The molecule has 3 heteroatoms. The molecule has 100 valence electrons. The highest BCUT2D eigenvalue weighted by Crippen LogP contribution is 2.40. The van der Waals surface area contributed by atoms with Crippen LogP contribution in [0.3, 0.4) is 0 Å². The molecule has 0 aliphatic heterocycles. The van der Waals surface area contributed by atoms with Crippen molar-refractivity contribution in [1.82, 2.24) is 4.98 Å². The first-order chi connectivity index (χ1) is 8.55. The Bertz CT molecular complexity index is 395. The molecular weight excluding hydrogens is 224 g/mol. The van der Waals surface area contributed by atoms with Gasteiger partial charge in [-0.3, -0.25) is 4.98 Å². The van der Waals surface area contributed by atoms with Crippen LogP contribution in [0.25, 0.3) is 0 Å². The number of pyridine rings is 1. The molecule has 3 nitrogen and oxygen atoms in total. The standard InChI is InChI=1S/C15H24N2O/c1-11(2)12-4-6-15(16,7-5-12)13-8-14(18-3)10-17-9-13/h8-12H,4-7,16H2,1-3H3. The molecule has 0 aromatic carbocycles. The highest BCUT2D eigenvalue weighted by atomic mass is 16.5. The minimum Gasteiger partial charge on any atom is -0.495 e. The van der Waals surface area contributed by atoms with Crippen molar-refractivity contribution in [3.8, 4) is 5.75 Å². The van der Waals surface area contributed by atoms with Crippen LogP contribution in [0, 0.1) is 11.8 Å². The quantitative estimate of drug-likeness (QED) is 0.894. The third-order valence-electron chi connectivity index (χ3n) is 4.39. The number of nitrogens with two attached hydrogens (primary N) is 1. The molecule has 18 heavy (non-hydrogen) atoms. The molecule has 1 aromatic heterocycles. The van der Waals surface area contributed by atoms with Crippen molar-refractivity contribution in [2.45, 2.75) is 45.1 Å². The fraction of sp³-hybridized carbons (Fsp3) is 0.667. The van der Waals surface area contributed by atoms with E-state index in [0.717, 1.165) is 36.0 Å².